The van der Waals surface area contributed by atoms with Gasteiger partial charge >= 0.3 is 6.18 Å². The number of hydrogen-bond acceptors (Lipinski definition) is 6. The van der Waals surface area contributed by atoms with E-state index < -0.39 is 11.7 Å². The maximum Gasteiger partial charge on any atom is 0.416 e. The molecule has 0 aliphatic carbocycles. The van der Waals surface area contributed by atoms with Crippen LogP contribution < -0.4 is 4.90 Å². The van der Waals surface area contributed by atoms with Gasteiger partial charge < -0.3 is 14.3 Å². The Labute approximate surface area is 234 Å². The summed E-state index contributed by atoms with van der Waals surface area (Å²) in [6.45, 7) is 5.99. The highest BCUT2D eigenvalue weighted by atomic mass is 19.4. The van der Waals surface area contributed by atoms with Crippen LogP contribution in [0.4, 0.5) is 19.0 Å². The zero-order chi connectivity index (χ0) is 28.7. The van der Waals surface area contributed by atoms with Crippen molar-refractivity contribution in [2.75, 3.05) is 31.1 Å². The topological polar surface area (TPSA) is 75.4 Å². The fraction of sp³-hybridized carbons (Fsp3) is 0.290. The van der Waals surface area contributed by atoms with Gasteiger partial charge in [-0.1, -0.05) is 67.5 Å². The predicted molar refractivity (Wildman–Crippen MR) is 151 cm³/mol. The van der Waals surface area contributed by atoms with Crippen molar-refractivity contribution in [1.82, 2.24) is 20.0 Å². The first kappa shape index (κ1) is 26.7. The lowest BCUT2D eigenvalue weighted by Gasteiger charge is -2.36. The Hall–Kier alpha value is -4.47. The number of piperazine rings is 1. The second-order valence-corrected chi connectivity index (χ2v) is 10.7. The summed E-state index contributed by atoms with van der Waals surface area (Å²) in [7, 11) is 0. The summed E-state index contributed by atoms with van der Waals surface area (Å²) in [6, 6.07) is 18.5. The van der Waals surface area contributed by atoms with Crippen molar-refractivity contribution in [1.29, 1.82) is 0 Å². The van der Waals surface area contributed by atoms with Crippen LogP contribution in [0.25, 0.3) is 33.1 Å². The third kappa shape index (κ3) is 5.21. The average Bonchev–Trinajstić information content (AvgIpc) is 3.39. The molecule has 1 saturated heterocycles. The van der Waals surface area contributed by atoms with Gasteiger partial charge in [0.2, 0.25) is 0 Å². The quantitative estimate of drug-likeness (QED) is 0.241. The van der Waals surface area contributed by atoms with Gasteiger partial charge in [0.25, 0.3) is 11.6 Å². The number of carbonyl (C=O) groups excluding carboxylic acids is 1. The van der Waals surface area contributed by atoms with Gasteiger partial charge in [-0.2, -0.15) is 18.2 Å². The standard InChI is InChI=1S/C31H28F3N5O2/c1-19(2)17-25-35-28(26-27(37-41-29(26)36-25)21-9-5-10-22(18-21)31(32,33)34)38-13-15-39(16-14-38)30(40)24-12-6-8-20-7-3-4-11-23(20)24/h3-12,18-19H,13-17H2,1-2H3. The number of fused-ring (bicyclic) bond motifs is 2. The Morgan fingerprint density at radius 2 is 1.68 bits per heavy atom. The Bertz CT molecular complexity index is 1730. The number of anilines is 1. The summed E-state index contributed by atoms with van der Waals surface area (Å²) < 4.78 is 46.0. The highest BCUT2D eigenvalue weighted by Gasteiger charge is 2.32. The molecule has 5 aromatic rings. The summed E-state index contributed by atoms with van der Waals surface area (Å²) in [5.41, 5.74) is 0.639. The van der Waals surface area contributed by atoms with Crippen LogP contribution in [0.2, 0.25) is 0 Å². The predicted octanol–water partition coefficient (Wildman–Crippen LogP) is 6.62. The molecule has 0 unspecified atom stereocenters. The lowest BCUT2D eigenvalue weighted by molar-refractivity contribution is -0.137. The van der Waals surface area contributed by atoms with Crippen molar-refractivity contribution in [2.45, 2.75) is 26.4 Å². The molecule has 10 heteroatoms. The molecule has 0 saturated carbocycles. The van der Waals surface area contributed by atoms with E-state index in [1.807, 2.05) is 52.3 Å². The number of rotatable bonds is 5. The Kier molecular flexibility index (Phi) is 6.84. The van der Waals surface area contributed by atoms with E-state index in [1.165, 1.54) is 6.07 Å². The molecule has 1 fully saturated rings. The minimum atomic E-state index is -4.49. The smallest absolute Gasteiger partial charge is 0.352 e. The van der Waals surface area contributed by atoms with Gasteiger partial charge in [0, 0.05) is 43.7 Å². The number of aromatic nitrogens is 3. The van der Waals surface area contributed by atoms with E-state index in [2.05, 4.69) is 24.0 Å². The van der Waals surface area contributed by atoms with Gasteiger partial charge in [0.1, 0.15) is 22.7 Å². The minimum Gasteiger partial charge on any atom is -0.352 e. The number of benzene rings is 3. The second-order valence-electron chi connectivity index (χ2n) is 10.7. The molecule has 0 spiro atoms. The maximum atomic E-state index is 13.5. The van der Waals surface area contributed by atoms with E-state index in [1.54, 1.807) is 6.07 Å². The first-order valence-electron chi connectivity index (χ1n) is 13.5. The molecule has 0 radical (unpaired) electrons. The van der Waals surface area contributed by atoms with E-state index in [4.69, 9.17) is 9.51 Å². The van der Waals surface area contributed by atoms with E-state index in [-0.39, 0.29) is 28.8 Å². The van der Waals surface area contributed by atoms with Crippen LogP contribution in [0.3, 0.4) is 0 Å². The summed E-state index contributed by atoms with van der Waals surface area (Å²) in [6.07, 6.45) is -3.89. The number of hydrogen-bond donors (Lipinski definition) is 0. The van der Waals surface area contributed by atoms with Gasteiger partial charge in [-0.15, -0.1) is 0 Å². The zero-order valence-electron chi connectivity index (χ0n) is 22.7. The number of amides is 1. The lowest BCUT2D eigenvalue weighted by atomic mass is 10.0. The van der Waals surface area contributed by atoms with Crippen molar-refractivity contribution in [3.63, 3.8) is 0 Å². The SMILES string of the molecule is CC(C)Cc1nc(N2CCN(C(=O)c3cccc4ccccc34)CC2)c2c(-c3cccc(C(F)(F)F)c3)noc2n1. The van der Waals surface area contributed by atoms with Crippen molar-refractivity contribution in [3.05, 3.63) is 83.7 Å². The van der Waals surface area contributed by atoms with Crippen molar-refractivity contribution < 1.29 is 22.5 Å². The molecule has 1 amide bonds. The fourth-order valence-electron chi connectivity index (χ4n) is 5.31. The number of nitrogens with zero attached hydrogens (tertiary/aromatic N) is 5. The first-order chi connectivity index (χ1) is 19.7. The molecular weight excluding hydrogens is 531 g/mol. The third-order valence-electron chi connectivity index (χ3n) is 7.30. The van der Waals surface area contributed by atoms with Crippen molar-refractivity contribution in [3.8, 4) is 11.3 Å². The molecule has 7 nitrogen and oxygen atoms in total. The monoisotopic (exact) mass is 559 g/mol. The maximum absolute atomic E-state index is 13.5. The Morgan fingerprint density at radius 1 is 0.951 bits per heavy atom. The average molecular weight is 560 g/mol. The highest BCUT2D eigenvalue weighted by molar-refractivity contribution is 6.07. The molecular formula is C31H28F3N5O2. The van der Waals surface area contributed by atoms with Gasteiger partial charge in [-0.3, -0.25) is 4.79 Å². The van der Waals surface area contributed by atoms with Crippen LogP contribution in [0.5, 0.6) is 0 Å². The van der Waals surface area contributed by atoms with E-state index in [0.717, 1.165) is 22.9 Å². The fourth-order valence-corrected chi connectivity index (χ4v) is 5.31. The molecule has 0 bridgehead atoms. The molecule has 6 rings (SSSR count). The van der Waals surface area contributed by atoms with Gasteiger partial charge in [-0.25, -0.2) is 4.98 Å². The summed E-state index contributed by atoms with van der Waals surface area (Å²) >= 11 is 0. The van der Waals surface area contributed by atoms with E-state index in [9.17, 15) is 18.0 Å². The lowest BCUT2D eigenvalue weighted by Crippen LogP contribution is -2.49. The van der Waals surface area contributed by atoms with Crippen molar-refractivity contribution >= 4 is 33.6 Å². The van der Waals surface area contributed by atoms with Crippen LogP contribution in [0, 0.1) is 5.92 Å². The first-order valence-corrected chi connectivity index (χ1v) is 13.5. The third-order valence-corrected chi connectivity index (χ3v) is 7.30. The van der Waals surface area contributed by atoms with Crippen LogP contribution in [-0.4, -0.2) is 52.1 Å². The largest absolute Gasteiger partial charge is 0.416 e. The number of halogens is 3. The molecule has 3 heterocycles. The van der Waals surface area contributed by atoms with Crippen LogP contribution in [-0.2, 0) is 12.6 Å². The molecule has 210 valence electrons. The summed E-state index contributed by atoms with van der Waals surface area (Å²) in [5, 5.41) is 6.52. The molecule has 41 heavy (non-hydrogen) atoms. The Balaban J connectivity index is 1.34. The number of carbonyl (C=O) groups is 1. The molecule has 0 atom stereocenters. The number of alkyl halides is 3. The second kappa shape index (κ2) is 10.5. The van der Waals surface area contributed by atoms with Crippen LogP contribution >= 0.6 is 0 Å². The molecule has 3 aromatic carbocycles. The molecule has 0 N–H and O–H groups in total. The normalized spacial score (nSPS) is 14.4. The Morgan fingerprint density at radius 3 is 2.44 bits per heavy atom. The zero-order valence-corrected chi connectivity index (χ0v) is 22.7. The van der Waals surface area contributed by atoms with Crippen LogP contribution in [0.15, 0.2) is 71.3 Å². The van der Waals surface area contributed by atoms with E-state index >= 15 is 0 Å². The van der Waals surface area contributed by atoms with Gasteiger partial charge in [0.15, 0.2) is 0 Å². The van der Waals surface area contributed by atoms with Crippen molar-refractivity contribution in [2.24, 2.45) is 5.92 Å². The summed E-state index contributed by atoms with van der Waals surface area (Å²) in [5.74, 6) is 1.37. The van der Waals surface area contributed by atoms with Crippen LogP contribution in [0.1, 0.15) is 35.6 Å². The molecule has 1 aliphatic rings. The van der Waals surface area contributed by atoms with Gasteiger partial charge in [-0.05, 0) is 34.9 Å². The summed E-state index contributed by atoms with van der Waals surface area (Å²) in [4.78, 5) is 26.8. The van der Waals surface area contributed by atoms with Gasteiger partial charge in [0.05, 0.1) is 5.56 Å². The molecule has 2 aromatic heterocycles. The van der Waals surface area contributed by atoms with E-state index in [0.29, 0.717) is 55.2 Å². The highest BCUT2D eigenvalue weighted by Crippen LogP contribution is 2.37. The molecule has 1 aliphatic heterocycles. The minimum absolute atomic E-state index is 0.0376.